The van der Waals surface area contributed by atoms with E-state index < -0.39 is 0 Å². The molecule has 1 unspecified atom stereocenters. The Balaban J connectivity index is 2.28. The van der Waals surface area contributed by atoms with Crippen molar-refractivity contribution in [3.8, 4) is 5.75 Å². The number of ether oxygens (including phenoxy) is 1. The first kappa shape index (κ1) is 15.4. The van der Waals surface area contributed by atoms with Gasteiger partial charge in [-0.3, -0.25) is 0 Å². The van der Waals surface area contributed by atoms with E-state index in [4.69, 9.17) is 4.74 Å². The largest absolute Gasteiger partial charge is 0.488 e. The van der Waals surface area contributed by atoms with Gasteiger partial charge in [-0.25, -0.2) is 4.39 Å². The topological polar surface area (TPSA) is 21.3 Å². The molecule has 0 aromatic heterocycles. The third-order valence-electron chi connectivity index (χ3n) is 2.61. The molecule has 0 bridgehead atoms. The van der Waals surface area contributed by atoms with Crippen molar-refractivity contribution in [1.29, 1.82) is 0 Å². The van der Waals surface area contributed by atoms with Gasteiger partial charge in [-0.1, -0.05) is 19.8 Å². The molecule has 4 heteroatoms. The minimum absolute atomic E-state index is 0.0633. The molecule has 0 spiro atoms. The predicted molar refractivity (Wildman–Crippen MR) is 76.6 cm³/mol. The fourth-order valence-electron chi connectivity index (χ4n) is 1.63. The van der Waals surface area contributed by atoms with E-state index in [1.54, 1.807) is 6.07 Å². The first-order valence-corrected chi connectivity index (χ1v) is 7.25. The van der Waals surface area contributed by atoms with E-state index in [-0.39, 0.29) is 11.9 Å². The van der Waals surface area contributed by atoms with Crippen LogP contribution in [0.1, 0.15) is 33.1 Å². The Morgan fingerprint density at radius 2 is 2.17 bits per heavy atom. The van der Waals surface area contributed by atoms with Gasteiger partial charge in [0.15, 0.2) is 0 Å². The molecule has 0 aliphatic rings. The molecule has 0 aliphatic carbocycles. The van der Waals surface area contributed by atoms with Crippen molar-refractivity contribution in [3.63, 3.8) is 0 Å². The number of nitrogens with one attached hydrogen (secondary N) is 1. The summed E-state index contributed by atoms with van der Waals surface area (Å²) in [5.41, 5.74) is 0. The molecule has 0 amide bonds. The van der Waals surface area contributed by atoms with Crippen molar-refractivity contribution in [1.82, 2.24) is 5.32 Å². The van der Waals surface area contributed by atoms with Crippen LogP contribution in [0.5, 0.6) is 5.75 Å². The van der Waals surface area contributed by atoms with Crippen LogP contribution in [-0.2, 0) is 0 Å². The summed E-state index contributed by atoms with van der Waals surface area (Å²) >= 11 is 3.29. The van der Waals surface area contributed by atoms with Crippen molar-refractivity contribution >= 4 is 15.9 Å². The first-order valence-electron chi connectivity index (χ1n) is 6.46. The summed E-state index contributed by atoms with van der Waals surface area (Å²) in [6.45, 7) is 6.01. The van der Waals surface area contributed by atoms with Gasteiger partial charge in [0.25, 0.3) is 0 Å². The monoisotopic (exact) mass is 317 g/mol. The van der Waals surface area contributed by atoms with Gasteiger partial charge in [-0.15, -0.1) is 0 Å². The normalized spacial score (nSPS) is 12.4. The molecule has 1 aromatic rings. The Morgan fingerprint density at radius 3 is 2.83 bits per heavy atom. The maximum Gasteiger partial charge on any atom is 0.134 e. The van der Waals surface area contributed by atoms with Crippen molar-refractivity contribution in [2.24, 2.45) is 0 Å². The highest BCUT2D eigenvalue weighted by Gasteiger charge is 2.07. The van der Waals surface area contributed by atoms with E-state index in [0.29, 0.717) is 10.2 Å². The summed E-state index contributed by atoms with van der Waals surface area (Å²) < 4.78 is 19.3. The highest BCUT2D eigenvalue weighted by atomic mass is 79.9. The molecule has 1 N–H and O–H groups in total. The molecule has 1 aromatic carbocycles. The van der Waals surface area contributed by atoms with Crippen LogP contribution in [0.4, 0.5) is 4.39 Å². The summed E-state index contributed by atoms with van der Waals surface area (Å²) in [6, 6.07) is 4.46. The predicted octanol–water partition coefficient (Wildman–Crippen LogP) is 4.14. The fraction of sp³-hybridized carbons (Fsp3) is 0.571. The van der Waals surface area contributed by atoms with E-state index in [2.05, 4.69) is 28.2 Å². The van der Waals surface area contributed by atoms with Crippen LogP contribution in [0, 0.1) is 5.82 Å². The van der Waals surface area contributed by atoms with E-state index in [0.717, 1.165) is 13.1 Å². The smallest absolute Gasteiger partial charge is 0.134 e. The molecule has 1 atom stereocenters. The average Bonchev–Trinajstić information content (AvgIpc) is 2.32. The lowest BCUT2D eigenvalue weighted by molar-refractivity contribution is 0.215. The highest BCUT2D eigenvalue weighted by molar-refractivity contribution is 9.10. The summed E-state index contributed by atoms with van der Waals surface area (Å²) in [5, 5.41) is 3.36. The quantitative estimate of drug-likeness (QED) is 0.728. The number of rotatable bonds is 8. The van der Waals surface area contributed by atoms with Crippen LogP contribution in [0.3, 0.4) is 0 Å². The molecule has 102 valence electrons. The highest BCUT2D eigenvalue weighted by Crippen LogP contribution is 2.26. The molecule has 2 nitrogen and oxygen atoms in total. The molecular weight excluding hydrogens is 297 g/mol. The van der Waals surface area contributed by atoms with Crippen LogP contribution in [0.15, 0.2) is 22.7 Å². The van der Waals surface area contributed by atoms with Crippen molar-refractivity contribution in [2.75, 3.05) is 13.1 Å². The van der Waals surface area contributed by atoms with Gasteiger partial charge in [-0.05, 0) is 54.0 Å². The van der Waals surface area contributed by atoms with Crippen LogP contribution in [-0.4, -0.2) is 19.2 Å². The fourth-order valence-corrected chi connectivity index (χ4v) is 2.08. The average molecular weight is 318 g/mol. The van der Waals surface area contributed by atoms with E-state index in [1.165, 1.54) is 31.4 Å². The Morgan fingerprint density at radius 1 is 1.39 bits per heavy atom. The second kappa shape index (κ2) is 8.48. The molecular formula is C14H21BrFNO. The molecule has 1 rings (SSSR count). The van der Waals surface area contributed by atoms with Crippen LogP contribution in [0.2, 0.25) is 0 Å². The summed E-state index contributed by atoms with van der Waals surface area (Å²) in [6.07, 6.45) is 3.75. The molecule has 0 aliphatic heterocycles. The summed E-state index contributed by atoms with van der Waals surface area (Å²) in [4.78, 5) is 0. The molecule has 0 saturated carbocycles. The van der Waals surface area contributed by atoms with Gasteiger partial charge in [0.1, 0.15) is 17.7 Å². The van der Waals surface area contributed by atoms with E-state index in [1.807, 2.05) is 6.92 Å². The van der Waals surface area contributed by atoms with E-state index in [9.17, 15) is 4.39 Å². The molecule has 0 saturated heterocycles. The zero-order valence-corrected chi connectivity index (χ0v) is 12.6. The molecule has 0 heterocycles. The standard InChI is InChI=1S/C14H21BrFNO/c1-3-4-5-8-17-10-11(2)18-14-7-6-12(16)9-13(14)15/h6-7,9,11,17H,3-5,8,10H2,1-2H3. The molecule has 0 fully saturated rings. The number of benzene rings is 1. The van der Waals surface area contributed by atoms with Crippen molar-refractivity contribution < 1.29 is 9.13 Å². The number of hydrogen-bond donors (Lipinski definition) is 1. The van der Waals surface area contributed by atoms with Gasteiger partial charge in [-0.2, -0.15) is 0 Å². The molecule has 18 heavy (non-hydrogen) atoms. The maximum atomic E-state index is 12.9. The number of unbranched alkanes of at least 4 members (excludes halogenated alkanes) is 2. The lowest BCUT2D eigenvalue weighted by Gasteiger charge is -2.16. The minimum Gasteiger partial charge on any atom is -0.488 e. The summed E-state index contributed by atoms with van der Waals surface area (Å²) in [5.74, 6) is 0.416. The summed E-state index contributed by atoms with van der Waals surface area (Å²) in [7, 11) is 0. The Kier molecular flexibility index (Phi) is 7.28. The third kappa shape index (κ3) is 5.83. The van der Waals surface area contributed by atoms with Crippen LogP contribution >= 0.6 is 15.9 Å². The zero-order chi connectivity index (χ0) is 13.4. The lowest BCUT2D eigenvalue weighted by Crippen LogP contribution is -2.29. The van der Waals surface area contributed by atoms with Crippen LogP contribution < -0.4 is 10.1 Å². The number of hydrogen-bond acceptors (Lipinski definition) is 2. The van der Waals surface area contributed by atoms with Crippen molar-refractivity contribution in [2.45, 2.75) is 39.2 Å². The van der Waals surface area contributed by atoms with Gasteiger partial charge < -0.3 is 10.1 Å². The second-order valence-corrected chi connectivity index (χ2v) is 5.27. The SMILES string of the molecule is CCCCCNCC(C)Oc1ccc(F)cc1Br. The number of halogens is 2. The Bertz CT molecular complexity index is 360. The minimum atomic E-state index is -0.264. The first-order chi connectivity index (χ1) is 8.63. The van der Waals surface area contributed by atoms with Gasteiger partial charge >= 0.3 is 0 Å². The maximum absolute atomic E-state index is 12.9. The zero-order valence-electron chi connectivity index (χ0n) is 11.0. The molecule has 0 radical (unpaired) electrons. The van der Waals surface area contributed by atoms with Gasteiger partial charge in [0, 0.05) is 6.54 Å². The third-order valence-corrected chi connectivity index (χ3v) is 3.23. The second-order valence-electron chi connectivity index (χ2n) is 4.41. The van der Waals surface area contributed by atoms with Crippen LogP contribution in [0.25, 0.3) is 0 Å². The lowest BCUT2D eigenvalue weighted by atomic mass is 10.2. The Hall–Kier alpha value is -0.610. The van der Waals surface area contributed by atoms with Gasteiger partial charge in [0.2, 0.25) is 0 Å². The van der Waals surface area contributed by atoms with Crippen molar-refractivity contribution in [3.05, 3.63) is 28.5 Å². The Labute approximate surface area is 117 Å². The van der Waals surface area contributed by atoms with Gasteiger partial charge in [0.05, 0.1) is 4.47 Å². The van der Waals surface area contributed by atoms with E-state index >= 15 is 0 Å².